The van der Waals surface area contributed by atoms with Crippen molar-refractivity contribution in [2.24, 2.45) is 0 Å². The molecule has 7 heteroatoms. The number of carbonyl (C=O) groups excluding carboxylic acids is 1. The topological polar surface area (TPSA) is 62.6 Å². The number of hydrogen-bond donors (Lipinski definition) is 0. The molecule has 1 saturated heterocycles. The predicted molar refractivity (Wildman–Crippen MR) is 120 cm³/mol. The number of para-hydroxylation sites is 1. The summed E-state index contributed by atoms with van der Waals surface area (Å²) in [6.07, 6.45) is 5.51. The summed E-state index contributed by atoms with van der Waals surface area (Å²) in [5, 5.41) is 1.17. The lowest BCUT2D eigenvalue weighted by atomic mass is 10.1. The van der Waals surface area contributed by atoms with E-state index < -0.39 is 10.0 Å². The van der Waals surface area contributed by atoms with Crippen LogP contribution in [-0.2, 0) is 34.2 Å². The highest BCUT2D eigenvalue weighted by Gasteiger charge is 2.30. The Morgan fingerprint density at radius 3 is 2.52 bits per heavy atom. The minimum Gasteiger partial charge on any atom is -0.347 e. The summed E-state index contributed by atoms with van der Waals surface area (Å²) in [7, 11) is -3.51. The number of carbonyl (C=O) groups is 1. The van der Waals surface area contributed by atoms with Gasteiger partial charge in [-0.1, -0.05) is 24.3 Å². The van der Waals surface area contributed by atoms with Crippen LogP contribution in [0.2, 0.25) is 0 Å². The fourth-order valence-electron chi connectivity index (χ4n) is 4.75. The third-order valence-corrected chi connectivity index (χ3v) is 8.44. The van der Waals surface area contributed by atoms with Gasteiger partial charge in [-0.15, -0.1) is 0 Å². The van der Waals surface area contributed by atoms with Crippen molar-refractivity contribution in [3.63, 3.8) is 0 Å². The van der Waals surface area contributed by atoms with E-state index in [-0.39, 0.29) is 5.91 Å². The van der Waals surface area contributed by atoms with Gasteiger partial charge in [0.15, 0.2) is 0 Å². The zero-order valence-electron chi connectivity index (χ0n) is 17.5. The molecule has 2 aromatic carbocycles. The molecule has 0 unspecified atom stereocenters. The minimum absolute atomic E-state index is 0.0763. The van der Waals surface area contributed by atoms with E-state index in [0.717, 1.165) is 30.3 Å². The zero-order valence-corrected chi connectivity index (χ0v) is 18.4. The number of sulfonamides is 1. The van der Waals surface area contributed by atoms with Crippen LogP contribution in [0.3, 0.4) is 0 Å². The SMILES string of the molecule is O=C(CCn1ccc2ccccc21)N1CCN(S(=O)(=O)c2ccc3c(c2)CCC3)CC1. The molecule has 1 aliphatic heterocycles. The van der Waals surface area contributed by atoms with Gasteiger partial charge in [0, 0.05) is 50.9 Å². The van der Waals surface area contributed by atoms with Gasteiger partial charge >= 0.3 is 0 Å². The number of aryl methyl sites for hydroxylation is 3. The van der Waals surface area contributed by atoms with Crippen LogP contribution in [0, 0.1) is 0 Å². The van der Waals surface area contributed by atoms with Crippen LogP contribution in [0.5, 0.6) is 0 Å². The monoisotopic (exact) mass is 437 g/mol. The van der Waals surface area contributed by atoms with Crippen LogP contribution >= 0.6 is 0 Å². The summed E-state index contributed by atoms with van der Waals surface area (Å²) in [5.41, 5.74) is 3.55. The second-order valence-corrected chi connectivity index (χ2v) is 10.3. The van der Waals surface area contributed by atoms with Gasteiger partial charge < -0.3 is 9.47 Å². The molecule has 1 fully saturated rings. The summed E-state index contributed by atoms with van der Waals surface area (Å²) in [4.78, 5) is 14.9. The van der Waals surface area contributed by atoms with Crippen LogP contribution < -0.4 is 0 Å². The van der Waals surface area contributed by atoms with Crippen LogP contribution in [0.25, 0.3) is 10.9 Å². The van der Waals surface area contributed by atoms with E-state index in [0.29, 0.717) is 44.0 Å². The van der Waals surface area contributed by atoms with Crippen molar-refractivity contribution in [1.82, 2.24) is 13.8 Å². The molecular weight excluding hydrogens is 410 g/mol. The molecular formula is C24H27N3O3S. The second kappa shape index (κ2) is 8.13. The molecule has 3 aromatic rings. The molecule has 31 heavy (non-hydrogen) atoms. The molecule has 6 nitrogen and oxygen atoms in total. The first-order chi connectivity index (χ1) is 15.0. The molecule has 0 atom stereocenters. The van der Waals surface area contributed by atoms with E-state index in [9.17, 15) is 13.2 Å². The van der Waals surface area contributed by atoms with Gasteiger partial charge in [0.2, 0.25) is 15.9 Å². The first kappa shape index (κ1) is 20.3. The first-order valence-corrected chi connectivity index (χ1v) is 12.4. The fourth-order valence-corrected chi connectivity index (χ4v) is 6.22. The van der Waals surface area contributed by atoms with Gasteiger partial charge in [-0.25, -0.2) is 8.42 Å². The molecule has 2 aliphatic rings. The predicted octanol–water partition coefficient (Wildman–Crippen LogP) is 3.05. The number of aromatic nitrogens is 1. The van der Waals surface area contributed by atoms with Crippen molar-refractivity contribution in [3.8, 4) is 0 Å². The van der Waals surface area contributed by atoms with Crippen molar-refractivity contribution in [1.29, 1.82) is 0 Å². The van der Waals surface area contributed by atoms with Gasteiger partial charge in [0.1, 0.15) is 0 Å². The molecule has 0 N–H and O–H groups in total. The lowest BCUT2D eigenvalue weighted by molar-refractivity contribution is -0.132. The normalized spacial score (nSPS) is 17.2. The Balaban J connectivity index is 1.19. The van der Waals surface area contributed by atoms with Crippen molar-refractivity contribution in [3.05, 3.63) is 65.9 Å². The second-order valence-electron chi connectivity index (χ2n) is 8.39. The highest BCUT2D eigenvalue weighted by atomic mass is 32.2. The third-order valence-electron chi connectivity index (χ3n) is 6.55. The maximum absolute atomic E-state index is 13.1. The van der Waals surface area contributed by atoms with E-state index in [1.807, 2.05) is 30.5 Å². The van der Waals surface area contributed by atoms with Crippen LogP contribution in [0.4, 0.5) is 0 Å². The highest BCUT2D eigenvalue weighted by Crippen LogP contribution is 2.27. The molecule has 5 rings (SSSR count). The van der Waals surface area contributed by atoms with Crippen molar-refractivity contribution < 1.29 is 13.2 Å². The largest absolute Gasteiger partial charge is 0.347 e. The summed E-state index contributed by atoms with van der Waals surface area (Å²) in [6.45, 7) is 2.19. The Morgan fingerprint density at radius 1 is 0.903 bits per heavy atom. The van der Waals surface area contributed by atoms with Crippen LogP contribution in [0.1, 0.15) is 24.0 Å². The smallest absolute Gasteiger partial charge is 0.243 e. The number of hydrogen-bond acceptors (Lipinski definition) is 3. The molecule has 1 amide bonds. The number of nitrogens with zero attached hydrogens (tertiary/aromatic N) is 3. The number of rotatable bonds is 5. The van der Waals surface area contributed by atoms with Crippen LogP contribution in [-0.4, -0.2) is 54.3 Å². The minimum atomic E-state index is -3.51. The molecule has 0 radical (unpaired) electrons. The molecule has 162 valence electrons. The Morgan fingerprint density at radius 2 is 1.68 bits per heavy atom. The third kappa shape index (κ3) is 3.88. The number of fused-ring (bicyclic) bond motifs is 2. The molecule has 2 heterocycles. The zero-order chi connectivity index (χ0) is 21.4. The Kier molecular flexibility index (Phi) is 5.32. The van der Waals surface area contributed by atoms with Crippen molar-refractivity contribution in [2.45, 2.75) is 37.1 Å². The van der Waals surface area contributed by atoms with Crippen molar-refractivity contribution >= 4 is 26.8 Å². The highest BCUT2D eigenvalue weighted by molar-refractivity contribution is 7.89. The standard InChI is InChI=1S/C24H27N3O3S/c28-24(11-13-25-12-10-20-4-1-2-7-23(20)25)26-14-16-27(17-15-26)31(29,30)22-9-8-19-5-3-6-21(19)18-22/h1-2,4,7-10,12,18H,3,5-6,11,13-17H2. The van der Waals surface area contributed by atoms with E-state index in [4.69, 9.17) is 0 Å². The van der Waals surface area contributed by atoms with Crippen LogP contribution in [0.15, 0.2) is 59.6 Å². The summed E-state index contributed by atoms with van der Waals surface area (Å²) >= 11 is 0. The van der Waals surface area contributed by atoms with E-state index in [1.165, 1.54) is 15.3 Å². The number of piperazine rings is 1. The van der Waals surface area contributed by atoms with E-state index >= 15 is 0 Å². The lowest BCUT2D eigenvalue weighted by Crippen LogP contribution is -2.50. The summed E-state index contributed by atoms with van der Waals surface area (Å²) in [6, 6.07) is 15.7. The van der Waals surface area contributed by atoms with Crippen molar-refractivity contribution in [2.75, 3.05) is 26.2 Å². The molecule has 0 bridgehead atoms. The first-order valence-electron chi connectivity index (χ1n) is 11.0. The van der Waals surface area contributed by atoms with Gasteiger partial charge in [-0.05, 0) is 60.0 Å². The van der Waals surface area contributed by atoms with Gasteiger partial charge in [0.05, 0.1) is 4.90 Å². The van der Waals surface area contributed by atoms with Gasteiger partial charge in [-0.3, -0.25) is 4.79 Å². The van der Waals surface area contributed by atoms with E-state index in [1.54, 1.807) is 11.0 Å². The molecule has 1 aliphatic carbocycles. The Labute approximate surface area is 183 Å². The lowest BCUT2D eigenvalue weighted by Gasteiger charge is -2.34. The average molecular weight is 438 g/mol. The van der Waals surface area contributed by atoms with Gasteiger partial charge in [-0.2, -0.15) is 4.31 Å². The van der Waals surface area contributed by atoms with Gasteiger partial charge in [0.25, 0.3) is 0 Å². The van der Waals surface area contributed by atoms with E-state index in [2.05, 4.69) is 22.8 Å². The summed E-state index contributed by atoms with van der Waals surface area (Å²) in [5.74, 6) is 0.0763. The fraction of sp³-hybridized carbons (Fsp3) is 0.375. The average Bonchev–Trinajstić information content (AvgIpc) is 3.44. The number of benzene rings is 2. The molecule has 0 spiro atoms. The molecule has 1 aromatic heterocycles. The maximum Gasteiger partial charge on any atom is 0.243 e. The Hall–Kier alpha value is -2.64. The quantitative estimate of drug-likeness (QED) is 0.616. The molecule has 0 saturated carbocycles. The number of amides is 1. The Bertz CT molecular complexity index is 1220. The summed E-state index contributed by atoms with van der Waals surface area (Å²) < 4.78 is 29.8. The maximum atomic E-state index is 13.1.